The van der Waals surface area contributed by atoms with Crippen LogP contribution in [0, 0.1) is 0 Å². The summed E-state index contributed by atoms with van der Waals surface area (Å²) in [5, 5.41) is 11.1. The molecule has 0 heterocycles. The van der Waals surface area contributed by atoms with Gasteiger partial charge in [0.25, 0.3) is 0 Å². The minimum atomic E-state index is -0.489. The number of rotatable bonds is 5. The van der Waals surface area contributed by atoms with Gasteiger partial charge >= 0.3 is 0 Å². The maximum absolute atomic E-state index is 10.9. The summed E-state index contributed by atoms with van der Waals surface area (Å²) in [6.07, 6.45) is 0. The fourth-order valence-corrected chi connectivity index (χ4v) is 1.20. The van der Waals surface area contributed by atoms with Gasteiger partial charge < -0.3 is 15.2 Å². The second kappa shape index (κ2) is 6.03. The van der Waals surface area contributed by atoms with Crippen LogP contribution >= 0.6 is 0 Å². The number of ether oxygens (including phenoxy) is 1. The number of para-hydroxylation sites is 1. The van der Waals surface area contributed by atoms with E-state index in [4.69, 9.17) is 9.84 Å². The quantitative estimate of drug-likeness (QED) is 0.750. The van der Waals surface area contributed by atoms with Crippen molar-refractivity contribution in [1.29, 1.82) is 0 Å². The SMILES string of the molecule is CCOc1ccccc1CNC(=O)CO. The maximum Gasteiger partial charge on any atom is 0.245 e. The van der Waals surface area contributed by atoms with Crippen LogP contribution in [0.5, 0.6) is 5.75 Å². The summed E-state index contributed by atoms with van der Waals surface area (Å²) in [7, 11) is 0. The van der Waals surface area contributed by atoms with Gasteiger partial charge in [-0.15, -0.1) is 0 Å². The van der Waals surface area contributed by atoms with Crippen LogP contribution in [-0.2, 0) is 11.3 Å². The molecule has 0 aliphatic carbocycles. The summed E-state index contributed by atoms with van der Waals surface area (Å²) in [6, 6.07) is 7.48. The van der Waals surface area contributed by atoms with Crippen LogP contribution in [-0.4, -0.2) is 24.2 Å². The van der Waals surface area contributed by atoms with Gasteiger partial charge in [0.15, 0.2) is 0 Å². The van der Waals surface area contributed by atoms with Crippen molar-refractivity contribution in [3.05, 3.63) is 29.8 Å². The van der Waals surface area contributed by atoms with E-state index >= 15 is 0 Å². The maximum atomic E-state index is 10.9. The number of carbonyl (C=O) groups excluding carboxylic acids is 1. The van der Waals surface area contributed by atoms with Crippen LogP contribution in [0.1, 0.15) is 12.5 Å². The van der Waals surface area contributed by atoms with Gasteiger partial charge in [-0.25, -0.2) is 0 Å². The van der Waals surface area contributed by atoms with E-state index in [2.05, 4.69) is 5.32 Å². The molecule has 0 saturated heterocycles. The van der Waals surface area contributed by atoms with Gasteiger partial charge in [-0.1, -0.05) is 18.2 Å². The van der Waals surface area contributed by atoms with E-state index in [9.17, 15) is 4.79 Å². The lowest BCUT2D eigenvalue weighted by Gasteiger charge is -2.10. The van der Waals surface area contributed by atoms with Gasteiger partial charge in [0.1, 0.15) is 12.4 Å². The Morgan fingerprint density at radius 3 is 2.87 bits per heavy atom. The molecule has 0 fully saturated rings. The normalized spacial score (nSPS) is 9.73. The third-order valence-corrected chi connectivity index (χ3v) is 1.89. The molecule has 0 radical (unpaired) electrons. The van der Waals surface area contributed by atoms with Gasteiger partial charge in [-0.05, 0) is 13.0 Å². The van der Waals surface area contributed by atoms with E-state index in [0.29, 0.717) is 13.2 Å². The molecule has 1 aromatic rings. The molecular weight excluding hydrogens is 194 g/mol. The monoisotopic (exact) mass is 209 g/mol. The Kier molecular flexibility index (Phi) is 4.63. The van der Waals surface area contributed by atoms with Gasteiger partial charge in [0.2, 0.25) is 5.91 Å². The standard InChI is InChI=1S/C11H15NO3/c1-2-15-10-6-4-3-5-9(10)7-12-11(14)8-13/h3-6,13H,2,7-8H2,1H3,(H,12,14). The summed E-state index contributed by atoms with van der Waals surface area (Å²) in [6.45, 7) is 2.38. The molecule has 0 atom stereocenters. The highest BCUT2D eigenvalue weighted by Gasteiger charge is 2.03. The molecule has 1 amide bonds. The molecule has 2 N–H and O–H groups in total. The molecule has 0 aromatic heterocycles. The fraction of sp³-hybridized carbons (Fsp3) is 0.364. The highest BCUT2D eigenvalue weighted by atomic mass is 16.5. The molecule has 0 saturated carbocycles. The third-order valence-electron chi connectivity index (χ3n) is 1.89. The number of benzene rings is 1. The van der Waals surface area contributed by atoms with Gasteiger partial charge in [0.05, 0.1) is 6.61 Å². The summed E-state index contributed by atoms with van der Waals surface area (Å²) in [5.41, 5.74) is 0.904. The molecule has 82 valence electrons. The summed E-state index contributed by atoms with van der Waals surface area (Å²) in [4.78, 5) is 10.9. The van der Waals surface area contributed by atoms with Gasteiger partial charge in [0, 0.05) is 12.1 Å². The molecule has 1 rings (SSSR count). The van der Waals surface area contributed by atoms with Crippen molar-refractivity contribution in [2.75, 3.05) is 13.2 Å². The van der Waals surface area contributed by atoms with Crippen molar-refractivity contribution in [2.45, 2.75) is 13.5 Å². The third kappa shape index (κ3) is 3.59. The first-order chi connectivity index (χ1) is 7.27. The number of nitrogens with one attached hydrogen (secondary N) is 1. The molecule has 0 aliphatic rings. The minimum Gasteiger partial charge on any atom is -0.494 e. The zero-order valence-corrected chi connectivity index (χ0v) is 8.69. The smallest absolute Gasteiger partial charge is 0.245 e. The zero-order valence-electron chi connectivity index (χ0n) is 8.69. The topological polar surface area (TPSA) is 58.6 Å². The fourth-order valence-electron chi connectivity index (χ4n) is 1.20. The lowest BCUT2D eigenvalue weighted by atomic mass is 10.2. The van der Waals surface area contributed by atoms with E-state index < -0.39 is 6.61 Å². The molecule has 0 unspecified atom stereocenters. The minimum absolute atomic E-state index is 0.371. The second-order valence-electron chi connectivity index (χ2n) is 2.98. The highest BCUT2D eigenvalue weighted by molar-refractivity contribution is 5.76. The van der Waals surface area contributed by atoms with Gasteiger partial charge in [-0.2, -0.15) is 0 Å². The first-order valence-electron chi connectivity index (χ1n) is 4.86. The molecule has 0 spiro atoms. The van der Waals surface area contributed by atoms with Crippen LogP contribution in [0.3, 0.4) is 0 Å². The lowest BCUT2D eigenvalue weighted by Crippen LogP contribution is -2.25. The van der Waals surface area contributed by atoms with Gasteiger partial charge in [-0.3, -0.25) is 4.79 Å². The summed E-state index contributed by atoms with van der Waals surface area (Å²) in [5.74, 6) is 0.375. The van der Waals surface area contributed by atoms with Crippen LogP contribution in [0.2, 0.25) is 0 Å². The average molecular weight is 209 g/mol. The number of aliphatic hydroxyl groups is 1. The van der Waals surface area contributed by atoms with Crippen molar-refractivity contribution in [1.82, 2.24) is 5.32 Å². The van der Waals surface area contributed by atoms with Crippen molar-refractivity contribution in [2.24, 2.45) is 0 Å². The highest BCUT2D eigenvalue weighted by Crippen LogP contribution is 2.17. The average Bonchev–Trinajstić information content (AvgIpc) is 2.28. The molecule has 15 heavy (non-hydrogen) atoms. The molecule has 0 aliphatic heterocycles. The Morgan fingerprint density at radius 2 is 2.20 bits per heavy atom. The molecular formula is C11H15NO3. The Morgan fingerprint density at radius 1 is 1.47 bits per heavy atom. The van der Waals surface area contributed by atoms with E-state index in [1.54, 1.807) is 0 Å². The summed E-state index contributed by atoms with van der Waals surface area (Å²) >= 11 is 0. The first kappa shape index (κ1) is 11.5. The Balaban J connectivity index is 2.62. The first-order valence-corrected chi connectivity index (χ1v) is 4.86. The number of carbonyl (C=O) groups is 1. The molecule has 0 bridgehead atoms. The summed E-state index contributed by atoms with van der Waals surface area (Å²) < 4.78 is 5.39. The Hall–Kier alpha value is -1.55. The number of aliphatic hydroxyl groups excluding tert-OH is 1. The number of amides is 1. The Labute approximate surface area is 88.9 Å². The van der Waals surface area contributed by atoms with Crippen LogP contribution in [0.4, 0.5) is 0 Å². The van der Waals surface area contributed by atoms with Crippen molar-refractivity contribution in [3.8, 4) is 5.75 Å². The van der Waals surface area contributed by atoms with Crippen molar-refractivity contribution < 1.29 is 14.6 Å². The van der Waals surface area contributed by atoms with E-state index in [-0.39, 0.29) is 5.91 Å². The molecule has 4 nitrogen and oxygen atoms in total. The molecule has 4 heteroatoms. The van der Waals surface area contributed by atoms with Crippen LogP contribution < -0.4 is 10.1 Å². The number of hydrogen-bond donors (Lipinski definition) is 2. The largest absolute Gasteiger partial charge is 0.494 e. The van der Waals surface area contributed by atoms with E-state index in [0.717, 1.165) is 11.3 Å². The van der Waals surface area contributed by atoms with Crippen molar-refractivity contribution in [3.63, 3.8) is 0 Å². The second-order valence-corrected chi connectivity index (χ2v) is 2.98. The predicted molar refractivity (Wildman–Crippen MR) is 56.5 cm³/mol. The zero-order chi connectivity index (χ0) is 11.1. The van der Waals surface area contributed by atoms with Crippen LogP contribution in [0.25, 0.3) is 0 Å². The molecule has 1 aromatic carbocycles. The predicted octanol–water partition coefficient (Wildman–Crippen LogP) is 0.694. The van der Waals surface area contributed by atoms with Crippen LogP contribution in [0.15, 0.2) is 24.3 Å². The van der Waals surface area contributed by atoms with Crippen molar-refractivity contribution >= 4 is 5.91 Å². The van der Waals surface area contributed by atoms with E-state index in [1.165, 1.54) is 0 Å². The lowest BCUT2D eigenvalue weighted by molar-refractivity contribution is -0.123. The van der Waals surface area contributed by atoms with E-state index in [1.807, 2.05) is 31.2 Å². The number of hydrogen-bond acceptors (Lipinski definition) is 3. The Bertz CT molecular complexity index is 325.